The van der Waals surface area contributed by atoms with Crippen molar-refractivity contribution in [3.63, 3.8) is 0 Å². The molecule has 11 aromatic rings. The van der Waals surface area contributed by atoms with Gasteiger partial charge in [-0.25, -0.2) is 0 Å². The first-order valence-corrected chi connectivity index (χ1v) is 17.9. The molecule has 52 heavy (non-hydrogen) atoms. The Kier molecular flexibility index (Phi) is 5.50. The number of para-hydroxylation sites is 2. The largest absolute Gasteiger partial charge is 0.309 e. The molecule has 0 atom stereocenters. The van der Waals surface area contributed by atoms with Crippen molar-refractivity contribution < 1.29 is 0 Å². The van der Waals surface area contributed by atoms with Crippen LogP contribution in [-0.4, -0.2) is 14.1 Å². The highest BCUT2D eigenvalue weighted by molar-refractivity contribution is 6.22. The number of hydrogen-bond acceptors (Lipinski definition) is 1. The summed E-state index contributed by atoms with van der Waals surface area (Å²) in [5.74, 6) is 0. The summed E-state index contributed by atoms with van der Waals surface area (Å²) in [5.41, 5.74) is 15.7. The van der Waals surface area contributed by atoms with Crippen molar-refractivity contribution in [3.05, 3.63) is 176 Å². The van der Waals surface area contributed by atoms with Crippen molar-refractivity contribution >= 4 is 65.3 Å². The number of pyridine rings is 1. The summed E-state index contributed by atoms with van der Waals surface area (Å²) in [6.45, 7) is 0. The Labute approximate surface area is 299 Å². The van der Waals surface area contributed by atoms with Gasteiger partial charge in [-0.05, 0) is 117 Å². The molecule has 0 amide bonds. The number of hydrogen-bond donors (Lipinski definition) is 0. The van der Waals surface area contributed by atoms with E-state index >= 15 is 0 Å². The molecule has 0 aliphatic heterocycles. The van der Waals surface area contributed by atoms with Gasteiger partial charge in [0.15, 0.2) is 0 Å². The Morgan fingerprint density at radius 3 is 1.92 bits per heavy atom. The van der Waals surface area contributed by atoms with Crippen LogP contribution in [0.4, 0.5) is 0 Å². The van der Waals surface area contributed by atoms with Crippen LogP contribution in [0, 0.1) is 0 Å². The lowest BCUT2D eigenvalue weighted by atomic mass is 9.99. The second-order valence-electron chi connectivity index (χ2n) is 14.0. The van der Waals surface area contributed by atoms with Crippen LogP contribution in [0.2, 0.25) is 0 Å². The zero-order chi connectivity index (χ0) is 33.9. The van der Waals surface area contributed by atoms with Crippen molar-refractivity contribution in [2.75, 3.05) is 0 Å². The van der Waals surface area contributed by atoms with Crippen LogP contribution in [0.15, 0.2) is 176 Å². The molecule has 0 spiro atoms. The van der Waals surface area contributed by atoms with Gasteiger partial charge in [0.2, 0.25) is 0 Å². The van der Waals surface area contributed by atoms with Gasteiger partial charge in [0.25, 0.3) is 0 Å². The molecule has 1 aliphatic carbocycles. The lowest BCUT2D eigenvalue weighted by molar-refractivity contribution is 1.18. The minimum Gasteiger partial charge on any atom is -0.309 e. The molecule has 0 fully saturated rings. The van der Waals surface area contributed by atoms with Gasteiger partial charge in [-0.1, -0.05) is 97.1 Å². The van der Waals surface area contributed by atoms with Crippen LogP contribution in [0.1, 0.15) is 0 Å². The molecule has 0 unspecified atom stereocenters. The van der Waals surface area contributed by atoms with Crippen LogP contribution in [-0.2, 0) is 0 Å². The minimum atomic E-state index is 1.05. The van der Waals surface area contributed by atoms with E-state index in [9.17, 15) is 0 Å². The smallest absolute Gasteiger partial charge is 0.0714 e. The van der Waals surface area contributed by atoms with Crippen molar-refractivity contribution in [1.29, 1.82) is 0 Å². The van der Waals surface area contributed by atoms with Crippen molar-refractivity contribution in [2.45, 2.75) is 0 Å². The number of rotatable bonds is 3. The quantitative estimate of drug-likeness (QED) is 0.185. The summed E-state index contributed by atoms with van der Waals surface area (Å²) < 4.78 is 4.84. The Balaban J connectivity index is 1.10. The zero-order valence-corrected chi connectivity index (χ0v) is 28.1. The molecule has 3 aromatic heterocycles. The van der Waals surface area contributed by atoms with E-state index in [2.05, 4.69) is 184 Å². The Morgan fingerprint density at radius 1 is 0.346 bits per heavy atom. The average Bonchev–Trinajstić information content (AvgIpc) is 3.84. The lowest BCUT2D eigenvalue weighted by Gasteiger charge is -2.12. The maximum absolute atomic E-state index is 4.68. The van der Waals surface area contributed by atoms with Gasteiger partial charge in [-0.2, -0.15) is 0 Å². The van der Waals surface area contributed by atoms with Crippen molar-refractivity contribution in [2.24, 2.45) is 0 Å². The molecular formula is C49H29N3. The van der Waals surface area contributed by atoms with E-state index < -0.39 is 0 Å². The van der Waals surface area contributed by atoms with Crippen molar-refractivity contribution in [1.82, 2.24) is 14.1 Å². The summed E-state index contributed by atoms with van der Waals surface area (Å²) in [5, 5.41) is 8.83. The molecule has 0 bridgehead atoms. The molecule has 3 nitrogen and oxygen atoms in total. The highest BCUT2D eigenvalue weighted by atomic mass is 15.0. The third-order valence-corrected chi connectivity index (χ3v) is 11.3. The molecule has 0 radical (unpaired) electrons. The highest BCUT2D eigenvalue weighted by Crippen LogP contribution is 2.48. The fraction of sp³-hybridized carbons (Fsp3) is 0. The van der Waals surface area contributed by atoms with E-state index in [4.69, 9.17) is 0 Å². The Bertz CT molecular complexity index is 3280. The summed E-state index contributed by atoms with van der Waals surface area (Å²) >= 11 is 0. The molecular weight excluding hydrogens is 631 g/mol. The zero-order valence-electron chi connectivity index (χ0n) is 28.1. The molecule has 0 N–H and O–H groups in total. The maximum atomic E-state index is 4.68. The first-order chi connectivity index (χ1) is 25.8. The number of nitrogens with zero attached hydrogens (tertiary/aromatic N) is 3. The van der Waals surface area contributed by atoms with E-state index in [0.717, 1.165) is 11.2 Å². The summed E-state index contributed by atoms with van der Waals surface area (Å²) in [6, 6.07) is 62.3. The van der Waals surface area contributed by atoms with Gasteiger partial charge in [-0.15, -0.1) is 0 Å². The SMILES string of the molecule is c1ccc(-n2c3ccccc3c3cc(-c4ccc5c(c4)c4c6ccccc6ccc4n5-c4ccc5c(c4)-c4ccnc6cccc-5c46)ccc32)cc1. The maximum Gasteiger partial charge on any atom is 0.0714 e. The van der Waals surface area contributed by atoms with Gasteiger partial charge >= 0.3 is 0 Å². The van der Waals surface area contributed by atoms with E-state index in [-0.39, 0.29) is 0 Å². The molecule has 8 aromatic carbocycles. The number of aromatic nitrogens is 3. The number of benzene rings is 8. The van der Waals surface area contributed by atoms with E-state index in [1.807, 2.05) is 6.20 Å². The summed E-state index contributed by atoms with van der Waals surface area (Å²) in [6.07, 6.45) is 1.94. The lowest BCUT2D eigenvalue weighted by Crippen LogP contribution is -1.95. The minimum absolute atomic E-state index is 1.05. The Hall–Kier alpha value is -6.97. The molecule has 12 rings (SSSR count). The number of fused-ring (bicyclic) bond motifs is 11. The fourth-order valence-electron chi connectivity index (χ4n) is 9.04. The predicted octanol–water partition coefficient (Wildman–Crippen LogP) is 12.9. The molecule has 1 aliphatic rings. The first kappa shape index (κ1) is 27.8. The summed E-state index contributed by atoms with van der Waals surface area (Å²) in [7, 11) is 0. The third kappa shape index (κ3) is 3.72. The standard InChI is InChI=1S/C49H29N3/c1-2-10-33(11-3-1)51-44-16-7-6-13-37(44)41-27-31(18-22-45(41)51)32-19-23-46-42(28-32)49-35-12-5-4-9-30(35)17-24-47(49)52(46)34-20-21-36-38-14-8-15-43-48(38)39(25-26-50-43)40(36)29-34/h1-29H. The monoisotopic (exact) mass is 659 g/mol. The van der Waals surface area contributed by atoms with E-state index in [1.54, 1.807) is 0 Å². The predicted molar refractivity (Wildman–Crippen MR) is 218 cm³/mol. The van der Waals surface area contributed by atoms with Crippen LogP contribution >= 0.6 is 0 Å². The topological polar surface area (TPSA) is 22.8 Å². The molecule has 3 heteroatoms. The van der Waals surface area contributed by atoms with Gasteiger partial charge in [-0.3, -0.25) is 4.98 Å². The van der Waals surface area contributed by atoms with Crippen molar-refractivity contribution in [3.8, 4) is 44.8 Å². The van der Waals surface area contributed by atoms with E-state index in [1.165, 1.54) is 98.8 Å². The second-order valence-corrected chi connectivity index (χ2v) is 14.0. The fourth-order valence-corrected chi connectivity index (χ4v) is 9.04. The van der Waals surface area contributed by atoms with Crippen LogP contribution in [0.5, 0.6) is 0 Å². The van der Waals surface area contributed by atoms with Crippen LogP contribution < -0.4 is 0 Å². The summed E-state index contributed by atoms with van der Waals surface area (Å²) in [4.78, 5) is 4.68. The van der Waals surface area contributed by atoms with Gasteiger partial charge in [0, 0.05) is 44.5 Å². The van der Waals surface area contributed by atoms with Gasteiger partial charge in [0.1, 0.15) is 0 Å². The molecule has 0 saturated heterocycles. The normalized spacial score (nSPS) is 12.2. The first-order valence-electron chi connectivity index (χ1n) is 17.9. The van der Waals surface area contributed by atoms with Crippen LogP contribution in [0.25, 0.3) is 110 Å². The molecule has 3 heterocycles. The second kappa shape index (κ2) is 10.3. The van der Waals surface area contributed by atoms with Gasteiger partial charge < -0.3 is 9.13 Å². The molecule has 240 valence electrons. The van der Waals surface area contributed by atoms with Gasteiger partial charge in [0.05, 0.1) is 27.6 Å². The average molecular weight is 660 g/mol. The van der Waals surface area contributed by atoms with E-state index in [0.29, 0.717) is 0 Å². The van der Waals surface area contributed by atoms with Crippen LogP contribution in [0.3, 0.4) is 0 Å². The molecule has 0 saturated carbocycles. The third-order valence-electron chi connectivity index (χ3n) is 11.3. The Morgan fingerprint density at radius 2 is 1.04 bits per heavy atom. The highest BCUT2D eigenvalue weighted by Gasteiger charge is 2.24.